The smallest absolute Gasteiger partial charge is 0.222 e. The third-order valence-electron chi connectivity index (χ3n) is 4.79. The van der Waals surface area contributed by atoms with Crippen molar-refractivity contribution in [1.82, 2.24) is 9.80 Å². The number of β-amino-alcohol motifs (C(OH)–C–C–N with tert-alkyl or cyclic N) is 1. The molecule has 1 fully saturated rings. The number of aliphatic hydroxyl groups excluding tert-OH is 1. The Hall–Kier alpha value is -1.59. The van der Waals surface area contributed by atoms with Crippen LogP contribution >= 0.6 is 0 Å². The molecule has 0 spiro atoms. The largest absolute Gasteiger partial charge is 0.490 e. The van der Waals surface area contributed by atoms with Crippen molar-refractivity contribution >= 4 is 5.91 Å². The van der Waals surface area contributed by atoms with Crippen molar-refractivity contribution in [2.75, 3.05) is 39.3 Å². The highest BCUT2D eigenvalue weighted by Gasteiger charge is 2.22. The lowest BCUT2D eigenvalue weighted by molar-refractivity contribution is -0.132. The number of hydrogen-bond donors (Lipinski definition) is 1. The van der Waals surface area contributed by atoms with Gasteiger partial charge in [0, 0.05) is 39.1 Å². The van der Waals surface area contributed by atoms with E-state index in [0.29, 0.717) is 19.6 Å². The molecule has 1 aromatic carbocycles. The van der Waals surface area contributed by atoms with Crippen LogP contribution in [-0.4, -0.2) is 66.2 Å². The van der Waals surface area contributed by atoms with Gasteiger partial charge in [0.15, 0.2) is 0 Å². The summed E-state index contributed by atoms with van der Waals surface area (Å²) in [4.78, 5) is 15.8. The molecule has 24 heavy (non-hydrogen) atoms. The average Bonchev–Trinajstić information content (AvgIpc) is 2.58. The Morgan fingerprint density at radius 2 is 1.79 bits per heavy atom. The molecule has 1 saturated heterocycles. The fraction of sp³-hybridized carbons (Fsp3) is 0.632. The SMILES string of the molecule is CCC(=O)N1CCN(CC(O)COc2c(C)ccc(C)c2C)CC1. The third-order valence-corrected chi connectivity index (χ3v) is 4.79. The molecule has 0 saturated carbocycles. The highest BCUT2D eigenvalue weighted by Crippen LogP contribution is 2.25. The van der Waals surface area contributed by atoms with Gasteiger partial charge in [-0.1, -0.05) is 19.1 Å². The predicted octanol–water partition coefficient (Wildman–Crippen LogP) is 1.91. The summed E-state index contributed by atoms with van der Waals surface area (Å²) in [6.45, 7) is 12.0. The normalized spacial score (nSPS) is 17.0. The van der Waals surface area contributed by atoms with E-state index in [2.05, 4.69) is 17.9 Å². The van der Waals surface area contributed by atoms with E-state index in [4.69, 9.17) is 4.74 Å². The molecule has 134 valence electrons. The van der Waals surface area contributed by atoms with Gasteiger partial charge in [0.1, 0.15) is 18.5 Å². The molecule has 0 radical (unpaired) electrons. The number of amides is 1. The van der Waals surface area contributed by atoms with Crippen molar-refractivity contribution in [2.45, 2.75) is 40.2 Å². The van der Waals surface area contributed by atoms with E-state index >= 15 is 0 Å². The minimum atomic E-state index is -0.530. The first-order valence-electron chi connectivity index (χ1n) is 8.80. The van der Waals surface area contributed by atoms with Crippen molar-refractivity contribution in [3.05, 3.63) is 28.8 Å². The number of carbonyl (C=O) groups is 1. The Bertz CT molecular complexity index is 566. The van der Waals surface area contributed by atoms with Crippen molar-refractivity contribution in [3.8, 4) is 5.75 Å². The van der Waals surface area contributed by atoms with Gasteiger partial charge in [0.05, 0.1) is 0 Å². The first-order valence-corrected chi connectivity index (χ1v) is 8.80. The number of aliphatic hydroxyl groups is 1. The minimum Gasteiger partial charge on any atom is -0.490 e. The predicted molar refractivity (Wildman–Crippen MR) is 95.5 cm³/mol. The zero-order chi connectivity index (χ0) is 17.7. The number of ether oxygens (including phenoxy) is 1. The average molecular weight is 334 g/mol. The summed E-state index contributed by atoms with van der Waals surface area (Å²) in [5, 5.41) is 10.3. The summed E-state index contributed by atoms with van der Waals surface area (Å²) in [7, 11) is 0. The van der Waals surface area contributed by atoms with Crippen LogP contribution in [0.4, 0.5) is 0 Å². The zero-order valence-electron chi connectivity index (χ0n) is 15.3. The van der Waals surface area contributed by atoms with Crippen LogP contribution in [0.1, 0.15) is 30.0 Å². The van der Waals surface area contributed by atoms with E-state index in [1.165, 1.54) is 5.56 Å². The summed E-state index contributed by atoms with van der Waals surface area (Å²) in [5.41, 5.74) is 3.42. The molecule has 2 rings (SSSR count). The van der Waals surface area contributed by atoms with E-state index in [1.54, 1.807) is 0 Å². The van der Waals surface area contributed by atoms with Gasteiger partial charge in [-0.2, -0.15) is 0 Å². The van der Waals surface area contributed by atoms with E-state index in [9.17, 15) is 9.90 Å². The molecular formula is C19H30N2O3. The van der Waals surface area contributed by atoms with Crippen LogP contribution in [0, 0.1) is 20.8 Å². The van der Waals surface area contributed by atoms with E-state index in [-0.39, 0.29) is 5.91 Å². The first-order chi connectivity index (χ1) is 11.4. The van der Waals surface area contributed by atoms with Gasteiger partial charge in [0.2, 0.25) is 5.91 Å². The minimum absolute atomic E-state index is 0.212. The van der Waals surface area contributed by atoms with Crippen LogP contribution in [0.25, 0.3) is 0 Å². The Morgan fingerprint density at radius 3 is 2.42 bits per heavy atom. The topological polar surface area (TPSA) is 53.0 Å². The second kappa shape index (κ2) is 8.49. The molecule has 1 atom stereocenters. The van der Waals surface area contributed by atoms with Gasteiger partial charge in [-0.05, 0) is 37.5 Å². The van der Waals surface area contributed by atoms with Crippen LogP contribution in [-0.2, 0) is 4.79 Å². The fourth-order valence-electron chi connectivity index (χ4n) is 3.08. The van der Waals surface area contributed by atoms with E-state index < -0.39 is 6.10 Å². The van der Waals surface area contributed by atoms with Gasteiger partial charge in [0.25, 0.3) is 0 Å². The maximum Gasteiger partial charge on any atom is 0.222 e. The molecule has 5 nitrogen and oxygen atoms in total. The van der Waals surface area contributed by atoms with Crippen LogP contribution in [0.3, 0.4) is 0 Å². The quantitative estimate of drug-likeness (QED) is 0.863. The van der Waals surface area contributed by atoms with Crippen molar-refractivity contribution in [1.29, 1.82) is 0 Å². The molecule has 0 aliphatic carbocycles. The molecule has 1 heterocycles. The second-order valence-corrected chi connectivity index (χ2v) is 6.65. The zero-order valence-corrected chi connectivity index (χ0v) is 15.3. The van der Waals surface area contributed by atoms with Gasteiger partial charge in [-0.15, -0.1) is 0 Å². The summed E-state index contributed by atoms with van der Waals surface area (Å²) < 4.78 is 5.89. The lowest BCUT2D eigenvalue weighted by atomic mass is 10.1. The maximum absolute atomic E-state index is 11.7. The molecule has 1 aromatic rings. The van der Waals surface area contributed by atoms with Crippen molar-refractivity contribution in [3.63, 3.8) is 0 Å². The molecular weight excluding hydrogens is 304 g/mol. The number of hydrogen-bond acceptors (Lipinski definition) is 4. The Balaban J connectivity index is 1.80. The van der Waals surface area contributed by atoms with Gasteiger partial charge in [-0.3, -0.25) is 9.69 Å². The molecule has 5 heteroatoms. The molecule has 0 aromatic heterocycles. The number of nitrogens with zero attached hydrogens (tertiary/aromatic N) is 2. The summed E-state index contributed by atoms with van der Waals surface area (Å²) in [5.74, 6) is 1.09. The molecule has 1 aliphatic rings. The van der Waals surface area contributed by atoms with Gasteiger partial charge in [-0.25, -0.2) is 0 Å². The number of aryl methyl sites for hydroxylation is 2. The van der Waals surface area contributed by atoms with Crippen LogP contribution < -0.4 is 4.74 Å². The number of rotatable bonds is 6. The van der Waals surface area contributed by atoms with Gasteiger partial charge >= 0.3 is 0 Å². The Kier molecular flexibility index (Phi) is 6.63. The molecule has 1 aliphatic heterocycles. The first kappa shape index (κ1) is 18.7. The number of benzene rings is 1. The van der Waals surface area contributed by atoms with Crippen molar-refractivity contribution in [2.24, 2.45) is 0 Å². The molecule has 1 N–H and O–H groups in total. The lowest BCUT2D eigenvalue weighted by Gasteiger charge is -2.35. The monoisotopic (exact) mass is 334 g/mol. The highest BCUT2D eigenvalue weighted by atomic mass is 16.5. The summed E-state index contributed by atoms with van der Waals surface area (Å²) >= 11 is 0. The fourth-order valence-corrected chi connectivity index (χ4v) is 3.08. The van der Waals surface area contributed by atoms with E-state index in [1.807, 2.05) is 31.7 Å². The Labute approximate surface area is 145 Å². The molecule has 1 unspecified atom stereocenters. The third kappa shape index (κ3) is 4.71. The lowest BCUT2D eigenvalue weighted by Crippen LogP contribution is -2.50. The van der Waals surface area contributed by atoms with Gasteiger partial charge < -0.3 is 14.7 Å². The number of piperazine rings is 1. The standard InChI is InChI=1S/C19H30N2O3/c1-5-18(23)21-10-8-20(9-11-21)12-17(22)13-24-19-15(3)7-6-14(2)16(19)4/h6-7,17,22H,5,8-13H2,1-4H3. The maximum atomic E-state index is 11.7. The molecule has 1 amide bonds. The van der Waals surface area contributed by atoms with Crippen LogP contribution in [0.2, 0.25) is 0 Å². The second-order valence-electron chi connectivity index (χ2n) is 6.65. The summed E-state index contributed by atoms with van der Waals surface area (Å²) in [6.07, 6.45) is 0.0313. The summed E-state index contributed by atoms with van der Waals surface area (Å²) in [6, 6.07) is 4.14. The number of carbonyl (C=O) groups excluding carboxylic acids is 1. The highest BCUT2D eigenvalue weighted by molar-refractivity contribution is 5.75. The molecule has 0 bridgehead atoms. The van der Waals surface area contributed by atoms with Crippen molar-refractivity contribution < 1.29 is 14.6 Å². The Morgan fingerprint density at radius 1 is 1.17 bits per heavy atom. The van der Waals surface area contributed by atoms with E-state index in [0.717, 1.165) is 43.1 Å². The van der Waals surface area contributed by atoms with Crippen LogP contribution in [0.15, 0.2) is 12.1 Å². The van der Waals surface area contributed by atoms with Crippen LogP contribution in [0.5, 0.6) is 5.75 Å².